The topological polar surface area (TPSA) is 69.5 Å². The van der Waals surface area contributed by atoms with E-state index in [0.29, 0.717) is 31.9 Å². The van der Waals surface area contributed by atoms with Gasteiger partial charge in [-0.2, -0.15) is 14.0 Å². The fraction of sp³-hybridized carbons (Fsp3) is 0.227. The molecule has 1 aliphatic rings. The predicted molar refractivity (Wildman–Crippen MR) is 108 cm³/mol. The monoisotopic (exact) mass is 408 g/mol. The molecule has 1 aliphatic heterocycles. The minimum atomic E-state index is -3.00. The van der Waals surface area contributed by atoms with Gasteiger partial charge in [0, 0.05) is 37.3 Å². The third kappa shape index (κ3) is 3.87. The molecule has 0 N–H and O–H groups in total. The van der Waals surface area contributed by atoms with Crippen LogP contribution in [0, 0.1) is 11.3 Å². The summed E-state index contributed by atoms with van der Waals surface area (Å²) in [7, 11) is 0. The van der Waals surface area contributed by atoms with Gasteiger partial charge in [-0.25, -0.2) is 4.98 Å². The minimum absolute atomic E-state index is 0.118. The number of alkyl halides is 2. The number of carbonyl (C=O) groups is 1. The van der Waals surface area contributed by atoms with E-state index in [9.17, 15) is 18.8 Å². The van der Waals surface area contributed by atoms with Crippen LogP contribution in [0.1, 0.15) is 16.1 Å². The molecule has 6 nitrogen and oxygen atoms in total. The molecule has 0 aliphatic carbocycles. The first-order chi connectivity index (χ1) is 14.6. The number of hydrogen-bond acceptors (Lipinski definition) is 5. The summed E-state index contributed by atoms with van der Waals surface area (Å²) in [4.78, 5) is 21.0. The molecule has 0 unspecified atom stereocenters. The van der Waals surface area contributed by atoms with E-state index in [0.717, 1.165) is 16.6 Å². The summed E-state index contributed by atoms with van der Waals surface area (Å²) in [6.45, 7) is -1.07. The lowest BCUT2D eigenvalue weighted by molar-refractivity contribution is -0.0502. The van der Waals surface area contributed by atoms with Crippen molar-refractivity contribution in [2.45, 2.75) is 6.61 Å². The Balaban J connectivity index is 1.54. The van der Waals surface area contributed by atoms with Crippen molar-refractivity contribution in [3.05, 3.63) is 65.9 Å². The Labute approximate surface area is 171 Å². The number of halogens is 2. The zero-order valence-corrected chi connectivity index (χ0v) is 16.0. The molecular formula is C22H18F2N4O2. The smallest absolute Gasteiger partial charge is 0.387 e. The Morgan fingerprint density at radius 3 is 2.50 bits per heavy atom. The van der Waals surface area contributed by atoms with Crippen molar-refractivity contribution in [1.82, 2.24) is 9.88 Å². The molecule has 2 aromatic carbocycles. The van der Waals surface area contributed by atoms with Crippen molar-refractivity contribution in [3.8, 4) is 11.8 Å². The molecule has 0 radical (unpaired) electrons. The van der Waals surface area contributed by atoms with Crippen LogP contribution in [-0.2, 0) is 0 Å². The summed E-state index contributed by atoms with van der Waals surface area (Å²) in [6.07, 6.45) is 0. The number of pyridine rings is 1. The van der Waals surface area contributed by atoms with Gasteiger partial charge in [-0.05, 0) is 24.3 Å². The number of piperazine rings is 1. The van der Waals surface area contributed by atoms with Crippen molar-refractivity contribution in [3.63, 3.8) is 0 Å². The van der Waals surface area contributed by atoms with Gasteiger partial charge in [0.2, 0.25) is 0 Å². The Hall–Kier alpha value is -3.73. The number of amides is 1. The zero-order chi connectivity index (χ0) is 21.1. The van der Waals surface area contributed by atoms with Gasteiger partial charge >= 0.3 is 6.61 Å². The second-order valence-corrected chi connectivity index (χ2v) is 6.81. The number of benzene rings is 2. The Kier molecular flexibility index (Phi) is 5.44. The first-order valence-electron chi connectivity index (χ1n) is 9.45. The molecule has 1 amide bonds. The average molecular weight is 408 g/mol. The number of nitriles is 1. The number of aromatic nitrogens is 1. The van der Waals surface area contributed by atoms with E-state index in [2.05, 4.69) is 20.7 Å². The Bertz CT molecular complexity index is 1120. The highest BCUT2D eigenvalue weighted by Crippen LogP contribution is 2.28. The molecule has 1 fully saturated rings. The number of rotatable bonds is 4. The maximum atomic E-state index is 12.9. The van der Waals surface area contributed by atoms with Crippen LogP contribution in [0.4, 0.5) is 14.5 Å². The van der Waals surface area contributed by atoms with Crippen LogP contribution >= 0.6 is 0 Å². The third-order valence-electron chi connectivity index (χ3n) is 5.05. The van der Waals surface area contributed by atoms with Gasteiger partial charge in [0.05, 0.1) is 11.1 Å². The van der Waals surface area contributed by atoms with Gasteiger partial charge in [-0.1, -0.05) is 30.3 Å². The Morgan fingerprint density at radius 1 is 1.07 bits per heavy atom. The number of carbonyl (C=O) groups excluding carboxylic acids is 1. The molecule has 0 atom stereocenters. The number of ether oxygens (including phenoxy) is 1. The van der Waals surface area contributed by atoms with Gasteiger partial charge in [-0.3, -0.25) is 4.79 Å². The van der Waals surface area contributed by atoms with Crippen molar-refractivity contribution in [1.29, 1.82) is 5.26 Å². The van der Waals surface area contributed by atoms with E-state index in [1.165, 1.54) is 12.1 Å². The number of anilines is 1. The summed E-state index contributed by atoms with van der Waals surface area (Å²) in [5.41, 5.74) is 2.08. The summed E-state index contributed by atoms with van der Waals surface area (Å²) >= 11 is 0. The summed E-state index contributed by atoms with van der Waals surface area (Å²) in [5.74, 6) is -0.470. The molecule has 0 bridgehead atoms. The van der Waals surface area contributed by atoms with Crippen LogP contribution in [0.2, 0.25) is 0 Å². The van der Waals surface area contributed by atoms with Crippen molar-refractivity contribution in [2.24, 2.45) is 0 Å². The summed E-state index contributed by atoms with van der Waals surface area (Å²) < 4.78 is 29.8. The first kappa shape index (κ1) is 19.6. The first-order valence-corrected chi connectivity index (χ1v) is 9.45. The molecule has 8 heteroatoms. The molecule has 2 heterocycles. The SMILES string of the molecule is N#Cc1cc(N2CCN(C(=O)c3ccccc3OC(F)F)CC2)c2ccccc2n1. The Morgan fingerprint density at radius 2 is 1.77 bits per heavy atom. The zero-order valence-electron chi connectivity index (χ0n) is 16.0. The predicted octanol–water partition coefficient (Wildman–Crippen LogP) is 3.67. The molecule has 3 aromatic rings. The van der Waals surface area contributed by atoms with E-state index in [1.54, 1.807) is 23.1 Å². The van der Waals surface area contributed by atoms with Crippen molar-refractivity contribution >= 4 is 22.5 Å². The van der Waals surface area contributed by atoms with Gasteiger partial charge < -0.3 is 14.5 Å². The molecule has 1 aromatic heterocycles. The minimum Gasteiger partial charge on any atom is -0.434 e. The summed E-state index contributed by atoms with van der Waals surface area (Å²) in [6, 6.07) is 17.5. The van der Waals surface area contributed by atoms with E-state index in [1.807, 2.05) is 24.3 Å². The largest absolute Gasteiger partial charge is 0.434 e. The van der Waals surface area contributed by atoms with Gasteiger partial charge in [0.15, 0.2) is 0 Å². The quantitative estimate of drug-likeness (QED) is 0.659. The van der Waals surface area contributed by atoms with Crippen LogP contribution in [0.3, 0.4) is 0 Å². The molecular weight excluding hydrogens is 390 g/mol. The number of fused-ring (bicyclic) bond motifs is 1. The van der Waals surface area contributed by atoms with Crippen molar-refractivity contribution < 1.29 is 18.3 Å². The van der Waals surface area contributed by atoms with Crippen LogP contribution in [0.25, 0.3) is 10.9 Å². The van der Waals surface area contributed by atoms with Crippen LogP contribution in [0.15, 0.2) is 54.6 Å². The fourth-order valence-corrected chi connectivity index (χ4v) is 3.64. The van der Waals surface area contributed by atoms with Crippen LogP contribution in [-0.4, -0.2) is 48.6 Å². The second kappa shape index (κ2) is 8.33. The number of hydrogen-bond donors (Lipinski definition) is 0. The average Bonchev–Trinajstić information content (AvgIpc) is 2.78. The van der Waals surface area contributed by atoms with E-state index < -0.39 is 6.61 Å². The summed E-state index contributed by atoms with van der Waals surface area (Å²) in [5, 5.41) is 10.2. The van der Waals surface area contributed by atoms with Crippen molar-refractivity contribution in [2.75, 3.05) is 31.1 Å². The van der Waals surface area contributed by atoms with Crippen LogP contribution in [0.5, 0.6) is 5.75 Å². The lowest BCUT2D eigenvalue weighted by atomic mass is 10.1. The molecule has 0 saturated carbocycles. The molecule has 1 saturated heterocycles. The highest BCUT2D eigenvalue weighted by Gasteiger charge is 2.26. The van der Waals surface area contributed by atoms with Gasteiger partial charge in [-0.15, -0.1) is 0 Å². The number of nitrogens with zero attached hydrogens (tertiary/aromatic N) is 4. The highest BCUT2D eigenvalue weighted by atomic mass is 19.3. The van der Waals surface area contributed by atoms with Gasteiger partial charge in [0.1, 0.15) is 17.5 Å². The third-order valence-corrected chi connectivity index (χ3v) is 5.05. The second-order valence-electron chi connectivity index (χ2n) is 6.81. The highest BCUT2D eigenvalue weighted by molar-refractivity contribution is 5.97. The molecule has 0 spiro atoms. The van der Waals surface area contributed by atoms with E-state index in [4.69, 9.17) is 0 Å². The molecule has 152 valence electrons. The van der Waals surface area contributed by atoms with Crippen LogP contribution < -0.4 is 9.64 Å². The van der Waals surface area contributed by atoms with Gasteiger partial charge in [0.25, 0.3) is 5.91 Å². The lowest BCUT2D eigenvalue weighted by Gasteiger charge is -2.36. The normalized spacial score (nSPS) is 14.1. The molecule has 30 heavy (non-hydrogen) atoms. The lowest BCUT2D eigenvalue weighted by Crippen LogP contribution is -2.49. The maximum absolute atomic E-state index is 12.9. The number of para-hydroxylation sites is 2. The van der Waals surface area contributed by atoms with E-state index in [-0.39, 0.29) is 17.2 Å². The fourth-order valence-electron chi connectivity index (χ4n) is 3.64. The maximum Gasteiger partial charge on any atom is 0.387 e. The van der Waals surface area contributed by atoms with E-state index >= 15 is 0 Å². The molecule has 4 rings (SSSR count). The standard InChI is InChI=1S/C22H18F2N4O2/c23-22(24)30-20-8-4-2-6-17(20)21(29)28-11-9-27(10-12-28)19-13-15(14-25)26-18-7-3-1-5-16(18)19/h1-8,13,22H,9-12H2.